The Morgan fingerprint density at radius 2 is 2.18 bits per heavy atom. The van der Waals surface area contributed by atoms with Crippen LogP contribution < -0.4 is 5.73 Å². The Balaban J connectivity index is 2.08. The molecule has 0 fully saturated rings. The van der Waals surface area contributed by atoms with Gasteiger partial charge in [-0.3, -0.25) is 0 Å². The van der Waals surface area contributed by atoms with Crippen LogP contribution in [0.25, 0.3) is 21.5 Å². The molecule has 0 saturated heterocycles. The molecule has 0 bridgehead atoms. The van der Waals surface area contributed by atoms with E-state index in [0.29, 0.717) is 17.3 Å². The molecule has 0 unspecified atom stereocenters. The van der Waals surface area contributed by atoms with Crippen LogP contribution in [0.5, 0.6) is 0 Å². The number of nitrogen functional groups attached to an aromatic ring is 1. The summed E-state index contributed by atoms with van der Waals surface area (Å²) in [5.74, 6) is -0.323. The van der Waals surface area contributed by atoms with Gasteiger partial charge in [0.1, 0.15) is 10.3 Å². The molecule has 5 nitrogen and oxygen atoms in total. The van der Waals surface area contributed by atoms with Crippen molar-refractivity contribution >= 4 is 32.8 Å². The minimum Gasteiger partial charge on any atom is -0.462 e. The number of esters is 1. The predicted octanol–water partition coefficient (Wildman–Crippen LogP) is 3.43. The average Bonchev–Trinajstić information content (AvgIpc) is 2.87. The Labute approximate surface area is 131 Å². The number of fused-ring (bicyclic) bond motifs is 1. The number of rotatable bonds is 3. The number of hydrogen-bond donors (Lipinski definition) is 1. The first kappa shape index (κ1) is 14.5. The normalized spacial score (nSPS) is 10.8. The van der Waals surface area contributed by atoms with Crippen LogP contribution in [0.2, 0.25) is 0 Å². The molecule has 0 aliphatic carbocycles. The second-order valence-electron chi connectivity index (χ2n) is 4.85. The minimum absolute atomic E-state index is 0.323. The number of thiazole rings is 1. The summed E-state index contributed by atoms with van der Waals surface area (Å²) in [5, 5.41) is 0.497. The Morgan fingerprint density at radius 1 is 1.36 bits per heavy atom. The lowest BCUT2D eigenvalue weighted by molar-refractivity contribution is 0.0526. The second-order valence-corrected chi connectivity index (χ2v) is 5.86. The van der Waals surface area contributed by atoms with Gasteiger partial charge in [-0.15, -0.1) is 0 Å². The molecule has 6 heteroatoms. The van der Waals surface area contributed by atoms with Gasteiger partial charge >= 0.3 is 5.97 Å². The Kier molecular flexibility index (Phi) is 3.77. The zero-order chi connectivity index (χ0) is 15.7. The molecule has 2 heterocycles. The number of pyridine rings is 1. The Morgan fingerprint density at radius 3 is 2.95 bits per heavy atom. The van der Waals surface area contributed by atoms with Gasteiger partial charge in [0.25, 0.3) is 0 Å². The highest BCUT2D eigenvalue weighted by Gasteiger charge is 2.12. The van der Waals surface area contributed by atoms with Crippen molar-refractivity contribution in [2.24, 2.45) is 0 Å². The third-order valence-corrected chi connectivity index (χ3v) is 4.13. The number of ether oxygens (including phenoxy) is 1. The smallest absolute Gasteiger partial charge is 0.338 e. The maximum absolute atomic E-state index is 11.9. The topological polar surface area (TPSA) is 78.1 Å². The Hall–Kier alpha value is -2.47. The van der Waals surface area contributed by atoms with E-state index in [4.69, 9.17) is 10.5 Å². The van der Waals surface area contributed by atoms with Gasteiger partial charge in [-0.2, -0.15) is 0 Å². The summed E-state index contributed by atoms with van der Waals surface area (Å²) in [7, 11) is 0. The van der Waals surface area contributed by atoms with Crippen LogP contribution in [0, 0.1) is 6.92 Å². The molecule has 3 rings (SSSR count). The van der Waals surface area contributed by atoms with Crippen LogP contribution in [-0.2, 0) is 4.74 Å². The van der Waals surface area contributed by atoms with Gasteiger partial charge in [0.05, 0.1) is 12.2 Å². The van der Waals surface area contributed by atoms with Crippen molar-refractivity contribution in [2.75, 3.05) is 12.3 Å². The van der Waals surface area contributed by atoms with Crippen molar-refractivity contribution in [1.82, 2.24) is 9.97 Å². The number of aromatic nitrogens is 2. The van der Waals surface area contributed by atoms with Gasteiger partial charge in [-0.05, 0) is 43.2 Å². The van der Waals surface area contributed by atoms with Crippen molar-refractivity contribution in [2.45, 2.75) is 13.8 Å². The number of carbonyl (C=O) groups is 1. The number of nitrogens with two attached hydrogens (primary N) is 1. The molecule has 3 aromatic rings. The summed E-state index contributed by atoms with van der Waals surface area (Å²) >= 11 is 1.36. The quantitative estimate of drug-likeness (QED) is 0.750. The number of anilines is 1. The van der Waals surface area contributed by atoms with Gasteiger partial charge in [0.2, 0.25) is 0 Å². The fourth-order valence-corrected chi connectivity index (χ4v) is 2.92. The third-order valence-electron chi connectivity index (χ3n) is 3.32. The van der Waals surface area contributed by atoms with Crippen molar-refractivity contribution in [3.63, 3.8) is 0 Å². The van der Waals surface area contributed by atoms with Gasteiger partial charge < -0.3 is 10.5 Å². The molecule has 0 aliphatic rings. The molecule has 0 atom stereocenters. The van der Waals surface area contributed by atoms with Gasteiger partial charge in [0.15, 0.2) is 5.13 Å². The highest BCUT2D eigenvalue weighted by Crippen LogP contribution is 2.29. The van der Waals surface area contributed by atoms with Crippen LogP contribution >= 0.6 is 11.3 Å². The van der Waals surface area contributed by atoms with Crippen LogP contribution in [0.1, 0.15) is 22.8 Å². The summed E-state index contributed by atoms with van der Waals surface area (Å²) in [6, 6.07) is 7.43. The van der Waals surface area contributed by atoms with E-state index in [-0.39, 0.29) is 5.97 Å². The summed E-state index contributed by atoms with van der Waals surface area (Å²) in [4.78, 5) is 21.3. The minimum atomic E-state index is -0.323. The van der Waals surface area contributed by atoms with Crippen LogP contribution in [0.3, 0.4) is 0 Å². The molecular weight excluding hydrogens is 298 g/mol. The summed E-state index contributed by atoms with van der Waals surface area (Å²) < 4.78 is 5.05. The summed E-state index contributed by atoms with van der Waals surface area (Å²) in [6.07, 6.45) is 1.78. The lowest BCUT2D eigenvalue weighted by Gasteiger charge is -2.08. The molecule has 0 aliphatic heterocycles. The molecular formula is C16H15N3O2S. The first-order chi connectivity index (χ1) is 10.6. The Bertz CT molecular complexity index is 858. The zero-order valence-corrected chi connectivity index (χ0v) is 13.1. The molecule has 2 N–H and O–H groups in total. The van der Waals surface area contributed by atoms with Crippen LogP contribution in [0.4, 0.5) is 5.13 Å². The van der Waals surface area contributed by atoms with E-state index in [1.807, 2.05) is 25.1 Å². The van der Waals surface area contributed by atoms with Gasteiger partial charge in [-0.25, -0.2) is 14.8 Å². The van der Waals surface area contributed by atoms with Gasteiger partial charge in [0, 0.05) is 11.8 Å². The van der Waals surface area contributed by atoms with Crippen LogP contribution in [0.15, 0.2) is 30.5 Å². The molecule has 0 spiro atoms. The number of aryl methyl sites for hydroxylation is 1. The third kappa shape index (κ3) is 2.65. The number of hydrogen-bond acceptors (Lipinski definition) is 6. The van der Waals surface area contributed by atoms with Crippen molar-refractivity contribution in [3.05, 3.63) is 41.6 Å². The number of carbonyl (C=O) groups excluding carboxylic acids is 1. The first-order valence-electron chi connectivity index (χ1n) is 6.88. The molecule has 0 amide bonds. The summed E-state index contributed by atoms with van der Waals surface area (Å²) in [6.45, 7) is 4.13. The van der Waals surface area contributed by atoms with E-state index in [1.165, 1.54) is 11.3 Å². The van der Waals surface area contributed by atoms with E-state index in [2.05, 4.69) is 9.97 Å². The largest absolute Gasteiger partial charge is 0.462 e. The fourth-order valence-electron chi connectivity index (χ4n) is 2.26. The van der Waals surface area contributed by atoms with Crippen LogP contribution in [-0.4, -0.2) is 22.5 Å². The SMILES string of the molecule is CCOC(=O)c1ccc(C)c(-c2cnc3sc(N)nc3c2)c1. The second kappa shape index (κ2) is 5.73. The molecule has 112 valence electrons. The van der Waals surface area contributed by atoms with E-state index in [9.17, 15) is 4.79 Å². The van der Waals surface area contributed by atoms with E-state index >= 15 is 0 Å². The molecule has 0 radical (unpaired) electrons. The van der Waals surface area contributed by atoms with Gasteiger partial charge in [-0.1, -0.05) is 17.4 Å². The zero-order valence-electron chi connectivity index (χ0n) is 12.3. The first-order valence-corrected chi connectivity index (χ1v) is 7.70. The lowest BCUT2D eigenvalue weighted by atomic mass is 9.99. The van der Waals surface area contributed by atoms with E-state index < -0.39 is 0 Å². The van der Waals surface area contributed by atoms with E-state index in [1.54, 1.807) is 19.2 Å². The van der Waals surface area contributed by atoms with Crippen molar-refractivity contribution < 1.29 is 9.53 Å². The average molecular weight is 313 g/mol. The lowest BCUT2D eigenvalue weighted by Crippen LogP contribution is -2.05. The summed E-state index contributed by atoms with van der Waals surface area (Å²) in [5.41, 5.74) is 9.90. The highest BCUT2D eigenvalue weighted by molar-refractivity contribution is 7.21. The fraction of sp³-hybridized carbons (Fsp3) is 0.188. The molecule has 22 heavy (non-hydrogen) atoms. The standard InChI is InChI=1S/C16H15N3O2S/c1-3-21-15(20)10-5-4-9(2)12(6-10)11-7-13-14(18-8-11)22-16(17)19-13/h4-8H,3H2,1-2H3,(H2,17,19). The van der Waals surface area contributed by atoms with E-state index in [0.717, 1.165) is 27.0 Å². The number of nitrogens with zero attached hydrogens (tertiary/aromatic N) is 2. The maximum Gasteiger partial charge on any atom is 0.338 e. The highest BCUT2D eigenvalue weighted by atomic mass is 32.1. The number of benzene rings is 1. The molecule has 0 saturated carbocycles. The monoisotopic (exact) mass is 313 g/mol. The predicted molar refractivity (Wildman–Crippen MR) is 88.0 cm³/mol. The molecule has 1 aromatic carbocycles. The molecule has 2 aromatic heterocycles. The van der Waals surface area contributed by atoms with Crippen molar-refractivity contribution in [3.8, 4) is 11.1 Å². The maximum atomic E-state index is 11.9. The van der Waals surface area contributed by atoms with Crippen molar-refractivity contribution in [1.29, 1.82) is 0 Å².